The first-order valence-corrected chi connectivity index (χ1v) is 7.74. The summed E-state index contributed by atoms with van der Waals surface area (Å²) in [5.74, 6) is 1.02. The average Bonchev–Trinajstić information content (AvgIpc) is 3.02. The molecule has 0 unspecified atom stereocenters. The molecule has 6 nitrogen and oxygen atoms in total. The van der Waals surface area contributed by atoms with E-state index in [9.17, 15) is 4.79 Å². The number of anilines is 2. The molecule has 2 rings (SSSR count). The van der Waals surface area contributed by atoms with Crippen LogP contribution in [0.1, 0.15) is 12.5 Å². The Balaban J connectivity index is 2.08. The van der Waals surface area contributed by atoms with Crippen LogP contribution in [0, 0.1) is 11.3 Å². The van der Waals surface area contributed by atoms with Crippen molar-refractivity contribution >= 4 is 27.9 Å². The number of hydrogen-bond donors (Lipinski definition) is 2. The normalized spacial score (nSPS) is 11.2. The highest BCUT2D eigenvalue weighted by Crippen LogP contribution is 2.30. The summed E-state index contributed by atoms with van der Waals surface area (Å²) in [7, 11) is 3.13. The SMILES string of the molecule is COc1ccc(N[C@@H](C)C(=O)Nc2sccc2C#N)c(OC)c1. The van der Waals surface area contributed by atoms with E-state index < -0.39 is 6.04 Å². The van der Waals surface area contributed by atoms with E-state index in [1.165, 1.54) is 11.3 Å². The third-order valence-electron chi connectivity index (χ3n) is 3.20. The van der Waals surface area contributed by atoms with Gasteiger partial charge in [-0.25, -0.2) is 0 Å². The molecule has 0 aliphatic carbocycles. The second kappa shape index (κ2) is 7.51. The summed E-state index contributed by atoms with van der Waals surface area (Å²) in [6.45, 7) is 1.73. The van der Waals surface area contributed by atoms with Gasteiger partial charge < -0.3 is 20.1 Å². The maximum absolute atomic E-state index is 12.3. The number of nitrogens with one attached hydrogen (secondary N) is 2. The van der Waals surface area contributed by atoms with Crippen molar-refractivity contribution in [2.45, 2.75) is 13.0 Å². The molecule has 0 fully saturated rings. The quantitative estimate of drug-likeness (QED) is 0.850. The Morgan fingerprint density at radius 2 is 2.09 bits per heavy atom. The second-order valence-corrected chi connectivity index (χ2v) is 5.61. The average molecular weight is 331 g/mol. The van der Waals surface area contributed by atoms with Crippen molar-refractivity contribution in [3.63, 3.8) is 0 Å². The molecule has 2 N–H and O–H groups in total. The fraction of sp³-hybridized carbons (Fsp3) is 0.250. The van der Waals surface area contributed by atoms with Crippen LogP contribution in [0.5, 0.6) is 11.5 Å². The van der Waals surface area contributed by atoms with Gasteiger partial charge in [0.1, 0.15) is 28.6 Å². The highest BCUT2D eigenvalue weighted by molar-refractivity contribution is 7.14. The number of thiophene rings is 1. The van der Waals surface area contributed by atoms with Gasteiger partial charge in [0.25, 0.3) is 0 Å². The van der Waals surface area contributed by atoms with Crippen LogP contribution >= 0.6 is 11.3 Å². The first-order chi connectivity index (χ1) is 11.1. The van der Waals surface area contributed by atoms with E-state index in [2.05, 4.69) is 10.6 Å². The van der Waals surface area contributed by atoms with Gasteiger partial charge >= 0.3 is 0 Å². The minimum atomic E-state index is -0.508. The third kappa shape index (κ3) is 3.93. The standard InChI is InChI=1S/C16H17N3O3S/c1-10(15(20)19-16-11(9-17)6-7-23-16)18-13-5-4-12(21-2)8-14(13)22-3/h4-8,10,18H,1-3H3,(H,19,20)/t10-/m0/s1. The van der Waals surface area contributed by atoms with Crippen molar-refractivity contribution in [3.8, 4) is 17.6 Å². The molecule has 1 atom stereocenters. The smallest absolute Gasteiger partial charge is 0.247 e. The Morgan fingerprint density at radius 1 is 1.30 bits per heavy atom. The van der Waals surface area contributed by atoms with Crippen LogP contribution in [0.4, 0.5) is 10.7 Å². The largest absolute Gasteiger partial charge is 0.497 e. The molecule has 0 aliphatic rings. The summed E-state index contributed by atoms with van der Waals surface area (Å²) >= 11 is 1.32. The Hall–Kier alpha value is -2.72. The summed E-state index contributed by atoms with van der Waals surface area (Å²) in [4.78, 5) is 12.3. The first-order valence-electron chi connectivity index (χ1n) is 6.86. The number of rotatable bonds is 6. The number of nitrogens with zero attached hydrogens (tertiary/aromatic N) is 1. The van der Waals surface area contributed by atoms with E-state index in [1.54, 1.807) is 50.8 Å². The molecular formula is C16H17N3O3S. The summed E-state index contributed by atoms with van der Waals surface area (Å²) in [5.41, 5.74) is 1.14. The van der Waals surface area contributed by atoms with Gasteiger partial charge in [-0.05, 0) is 30.5 Å². The number of carbonyl (C=O) groups is 1. The molecule has 1 amide bonds. The molecular weight excluding hydrogens is 314 g/mol. The lowest BCUT2D eigenvalue weighted by Gasteiger charge is -2.17. The lowest BCUT2D eigenvalue weighted by molar-refractivity contribution is -0.116. The lowest BCUT2D eigenvalue weighted by Crippen LogP contribution is -2.31. The monoisotopic (exact) mass is 331 g/mol. The third-order valence-corrected chi connectivity index (χ3v) is 4.03. The Labute approximate surface area is 138 Å². The van der Waals surface area contributed by atoms with Crippen molar-refractivity contribution in [2.24, 2.45) is 0 Å². The fourth-order valence-corrected chi connectivity index (χ4v) is 2.67. The number of nitriles is 1. The van der Waals surface area contributed by atoms with E-state index in [4.69, 9.17) is 14.7 Å². The summed E-state index contributed by atoms with van der Waals surface area (Å²) < 4.78 is 10.4. The van der Waals surface area contributed by atoms with Crippen molar-refractivity contribution in [1.29, 1.82) is 5.26 Å². The van der Waals surface area contributed by atoms with Crippen LogP contribution in [0.15, 0.2) is 29.6 Å². The summed E-state index contributed by atoms with van der Waals surface area (Å²) in [6.07, 6.45) is 0. The molecule has 0 saturated heterocycles. The van der Waals surface area contributed by atoms with E-state index in [0.717, 1.165) is 0 Å². The van der Waals surface area contributed by atoms with Gasteiger partial charge in [0.15, 0.2) is 0 Å². The van der Waals surface area contributed by atoms with Crippen molar-refractivity contribution in [3.05, 3.63) is 35.2 Å². The van der Waals surface area contributed by atoms with E-state index in [1.807, 2.05) is 6.07 Å². The highest BCUT2D eigenvalue weighted by Gasteiger charge is 2.17. The maximum atomic E-state index is 12.3. The predicted octanol–water partition coefficient (Wildman–Crippen LogP) is 3.08. The molecule has 120 valence electrons. The highest BCUT2D eigenvalue weighted by atomic mass is 32.1. The van der Waals surface area contributed by atoms with Gasteiger partial charge in [-0.3, -0.25) is 4.79 Å². The van der Waals surface area contributed by atoms with Crippen LogP contribution in [-0.4, -0.2) is 26.2 Å². The molecule has 23 heavy (non-hydrogen) atoms. The van der Waals surface area contributed by atoms with Gasteiger partial charge in [-0.1, -0.05) is 0 Å². The Bertz CT molecular complexity index is 736. The van der Waals surface area contributed by atoms with E-state index >= 15 is 0 Å². The molecule has 0 aliphatic heterocycles. The minimum absolute atomic E-state index is 0.234. The van der Waals surface area contributed by atoms with Gasteiger partial charge in [0.05, 0.1) is 25.5 Å². The number of carbonyl (C=O) groups excluding carboxylic acids is 1. The summed E-state index contributed by atoms with van der Waals surface area (Å²) in [6, 6.07) is 8.51. The molecule has 0 saturated carbocycles. The second-order valence-electron chi connectivity index (χ2n) is 4.70. The lowest BCUT2D eigenvalue weighted by atomic mass is 10.2. The molecule has 0 spiro atoms. The number of ether oxygens (including phenoxy) is 2. The van der Waals surface area contributed by atoms with Gasteiger partial charge in [-0.2, -0.15) is 5.26 Å². The van der Waals surface area contributed by atoms with Crippen LogP contribution in [0.2, 0.25) is 0 Å². The van der Waals surface area contributed by atoms with Gasteiger partial charge in [0, 0.05) is 6.07 Å². The zero-order valence-electron chi connectivity index (χ0n) is 13.0. The van der Waals surface area contributed by atoms with E-state index in [0.29, 0.717) is 27.8 Å². The summed E-state index contributed by atoms with van der Waals surface area (Å²) in [5, 5.41) is 17.1. The first kappa shape index (κ1) is 16.6. The molecule has 1 heterocycles. The number of methoxy groups -OCH3 is 2. The fourth-order valence-electron chi connectivity index (χ4n) is 1.93. The molecule has 2 aromatic rings. The van der Waals surface area contributed by atoms with Crippen molar-refractivity contribution in [2.75, 3.05) is 24.9 Å². The van der Waals surface area contributed by atoms with Crippen molar-refractivity contribution < 1.29 is 14.3 Å². The molecule has 0 bridgehead atoms. The van der Waals surface area contributed by atoms with Gasteiger partial charge in [-0.15, -0.1) is 11.3 Å². The van der Waals surface area contributed by atoms with Crippen LogP contribution in [0.3, 0.4) is 0 Å². The maximum Gasteiger partial charge on any atom is 0.247 e. The number of amides is 1. The zero-order valence-corrected chi connectivity index (χ0v) is 13.9. The predicted molar refractivity (Wildman–Crippen MR) is 90.3 cm³/mol. The van der Waals surface area contributed by atoms with E-state index in [-0.39, 0.29) is 5.91 Å². The van der Waals surface area contributed by atoms with Crippen molar-refractivity contribution in [1.82, 2.24) is 0 Å². The van der Waals surface area contributed by atoms with Crippen LogP contribution < -0.4 is 20.1 Å². The zero-order chi connectivity index (χ0) is 16.8. The molecule has 1 aromatic carbocycles. The number of hydrogen-bond acceptors (Lipinski definition) is 6. The molecule has 7 heteroatoms. The van der Waals surface area contributed by atoms with Crippen LogP contribution in [-0.2, 0) is 4.79 Å². The van der Waals surface area contributed by atoms with Gasteiger partial charge in [0.2, 0.25) is 5.91 Å². The number of benzene rings is 1. The molecule has 1 aromatic heterocycles. The Kier molecular flexibility index (Phi) is 5.44. The van der Waals surface area contributed by atoms with Crippen LogP contribution in [0.25, 0.3) is 0 Å². The topological polar surface area (TPSA) is 83.4 Å². The molecule has 0 radical (unpaired) electrons. The minimum Gasteiger partial charge on any atom is -0.497 e. The Morgan fingerprint density at radius 3 is 2.74 bits per heavy atom.